The average molecular weight is 158 g/mol. The first-order valence-electron chi connectivity index (χ1n) is 3.73. The lowest BCUT2D eigenvalue weighted by molar-refractivity contribution is -0.165. The Morgan fingerprint density at radius 3 is 2.80 bits per heavy atom. The molecule has 1 heterocycles. The van der Waals surface area contributed by atoms with E-state index in [9.17, 15) is 4.79 Å². The van der Waals surface area contributed by atoms with Crippen LogP contribution >= 0.6 is 9.24 Å². The summed E-state index contributed by atoms with van der Waals surface area (Å²) < 4.78 is 5.04. The zero-order chi connectivity index (χ0) is 7.14. The second kappa shape index (κ2) is 2.20. The first kappa shape index (κ1) is 6.60. The SMILES string of the molecule is O=C1OC(P)C[C@@H]2CCC12. The molecular weight excluding hydrogens is 147 g/mol. The third-order valence-corrected chi connectivity index (χ3v) is 2.93. The number of esters is 1. The average Bonchev–Trinajstić information content (AvgIpc) is 1.77. The van der Waals surface area contributed by atoms with Gasteiger partial charge in [-0.2, -0.15) is 0 Å². The zero-order valence-corrected chi connectivity index (χ0v) is 6.90. The minimum atomic E-state index is 0.0301. The van der Waals surface area contributed by atoms with Gasteiger partial charge >= 0.3 is 5.97 Å². The highest BCUT2D eigenvalue weighted by Gasteiger charge is 2.42. The third-order valence-electron chi connectivity index (χ3n) is 2.52. The summed E-state index contributed by atoms with van der Waals surface area (Å²) in [6.07, 6.45) is 3.34. The van der Waals surface area contributed by atoms with Crippen molar-refractivity contribution in [3.63, 3.8) is 0 Å². The maximum atomic E-state index is 11.0. The fraction of sp³-hybridized carbons (Fsp3) is 0.857. The smallest absolute Gasteiger partial charge is 0.309 e. The van der Waals surface area contributed by atoms with Gasteiger partial charge in [-0.25, -0.2) is 0 Å². The van der Waals surface area contributed by atoms with Crippen LogP contribution in [0.15, 0.2) is 0 Å². The van der Waals surface area contributed by atoms with E-state index in [0.717, 1.165) is 12.8 Å². The number of hydrogen-bond donors (Lipinski definition) is 0. The van der Waals surface area contributed by atoms with E-state index < -0.39 is 0 Å². The van der Waals surface area contributed by atoms with Crippen molar-refractivity contribution < 1.29 is 9.53 Å². The zero-order valence-electron chi connectivity index (χ0n) is 5.75. The number of rotatable bonds is 0. The molecule has 10 heavy (non-hydrogen) atoms. The fourth-order valence-corrected chi connectivity index (χ4v) is 2.23. The molecule has 2 fully saturated rings. The predicted molar refractivity (Wildman–Crippen MR) is 40.4 cm³/mol. The Morgan fingerprint density at radius 2 is 2.30 bits per heavy atom. The van der Waals surface area contributed by atoms with Crippen molar-refractivity contribution in [3.05, 3.63) is 0 Å². The molecule has 2 rings (SSSR count). The van der Waals surface area contributed by atoms with Crippen LogP contribution in [0.25, 0.3) is 0 Å². The van der Waals surface area contributed by atoms with Gasteiger partial charge in [-0.05, 0) is 25.2 Å². The van der Waals surface area contributed by atoms with Crippen molar-refractivity contribution in [2.24, 2.45) is 11.8 Å². The lowest BCUT2D eigenvalue weighted by Gasteiger charge is -2.40. The van der Waals surface area contributed by atoms with Crippen molar-refractivity contribution in [1.29, 1.82) is 0 Å². The quantitative estimate of drug-likeness (QED) is 0.390. The predicted octanol–water partition coefficient (Wildman–Crippen LogP) is 1.16. The summed E-state index contributed by atoms with van der Waals surface area (Å²) in [6.45, 7) is 0. The molecule has 1 aliphatic carbocycles. The van der Waals surface area contributed by atoms with Gasteiger partial charge in [0, 0.05) is 0 Å². The van der Waals surface area contributed by atoms with Gasteiger partial charge in [0.15, 0.2) is 0 Å². The van der Waals surface area contributed by atoms with Crippen LogP contribution in [0.5, 0.6) is 0 Å². The lowest BCUT2D eigenvalue weighted by atomic mass is 9.71. The highest BCUT2D eigenvalue weighted by Crippen LogP contribution is 2.43. The highest BCUT2D eigenvalue weighted by atomic mass is 31.0. The van der Waals surface area contributed by atoms with Crippen LogP contribution in [-0.2, 0) is 9.53 Å². The van der Waals surface area contributed by atoms with Gasteiger partial charge in [0.25, 0.3) is 0 Å². The monoisotopic (exact) mass is 158 g/mol. The Hall–Kier alpha value is -0.100. The molecule has 1 aliphatic heterocycles. The van der Waals surface area contributed by atoms with Gasteiger partial charge in [-0.3, -0.25) is 4.79 Å². The Labute approximate surface area is 62.5 Å². The molecule has 3 unspecified atom stereocenters. The molecule has 0 aromatic heterocycles. The van der Waals surface area contributed by atoms with Crippen LogP contribution in [0.1, 0.15) is 19.3 Å². The van der Waals surface area contributed by atoms with E-state index in [0.29, 0.717) is 5.92 Å². The van der Waals surface area contributed by atoms with Crippen LogP contribution in [0.3, 0.4) is 0 Å². The second-order valence-corrected chi connectivity index (χ2v) is 3.90. The number of hydrogen-bond acceptors (Lipinski definition) is 2. The number of fused-ring (bicyclic) bond motifs is 1. The lowest BCUT2D eigenvalue weighted by Crippen LogP contribution is -2.41. The minimum Gasteiger partial charge on any atom is -0.458 e. The molecule has 0 radical (unpaired) electrons. The van der Waals surface area contributed by atoms with Gasteiger partial charge in [0.1, 0.15) is 5.85 Å². The van der Waals surface area contributed by atoms with Gasteiger partial charge in [-0.15, -0.1) is 0 Å². The molecule has 2 aliphatic rings. The van der Waals surface area contributed by atoms with E-state index in [1.54, 1.807) is 0 Å². The summed E-state index contributed by atoms with van der Waals surface area (Å²) in [5.74, 6) is 1.03. The molecule has 1 saturated heterocycles. The second-order valence-electron chi connectivity index (χ2n) is 3.15. The van der Waals surface area contributed by atoms with Crippen LogP contribution in [0, 0.1) is 11.8 Å². The summed E-state index contributed by atoms with van der Waals surface area (Å²) in [5.41, 5.74) is 0. The van der Waals surface area contributed by atoms with E-state index in [1.165, 1.54) is 6.42 Å². The van der Waals surface area contributed by atoms with Gasteiger partial charge in [0.05, 0.1) is 5.92 Å². The first-order chi connectivity index (χ1) is 4.77. The molecule has 0 spiro atoms. The van der Waals surface area contributed by atoms with E-state index >= 15 is 0 Å². The summed E-state index contributed by atoms with van der Waals surface area (Å²) >= 11 is 0. The maximum absolute atomic E-state index is 11.0. The molecule has 4 atom stereocenters. The standard InChI is InChI=1S/C7H11O2P/c8-7-5-2-1-4(5)3-6(10)9-7/h4-6H,1-3,10H2/t4-,5?,6?/m0/s1. The van der Waals surface area contributed by atoms with Crippen molar-refractivity contribution >= 4 is 15.2 Å². The molecule has 3 heteroatoms. The largest absolute Gasteiger partial charge is 0.458 e. The Morgan fingerprint density at radius 1 is 1.50 bits per heavy atom. The Bertz CT molecular complexity index is 169. The first-order valence-corrected chi connectivity index (χ1v) is 4.40. The molecule has 0 N–H and O–H groups in total. The Kier molecular flexibility index (Phi) is 1.45. The molecule has 1 saturated carbocycles. The van der Waals surface area contributed by atoms with Crippen molar-refractivity contribution in [2.75, 3.05) is 0 Å². The summed E-state index contributed by atoms with van der Waals surface area (Å²) in [6, 6.07) is 0. The molecule has 0 amide bonds. The van der Waals surface area contributed by atoms with E-state index in [4.69, 9.17) is 4.74 Å². The van der Waals surface area contributed by atoms with E-state index in [-0.39, 0.29) is 17.7 Å². The summed E-state index contributed by atoms with van der Waals surface area (Å²) in [4.78, 5) is 11.0. The highest BCUT2D eigenvalue weighted by molar-refractivity contribution is 7.17. The van der Waals surface area contributed by atoms with Gasteiger partial charge in [-0.1, -0.05) is 9.24 Å². The fourth-order valence-electron chi connectivity index (χ4n) is 1.74. The summed E-state index contributed by atoms with van der Waals surface area (Å²) in [7, 11) is 2.56. The number of cyclic esters (lactones) is 1. The van der Waals surface area contributed by atoms with E-state index in [2.05, 4.69) is 9.24 Å². The van der Waals surface area contributed by atoms with Crippen molar-refractivity contribution in [3.8, 4) is 0 Å². The van der Waals surface area contributed by atoms with E-state index in [1.807, 2.05) is 0 Å². The number of carbonyl (C=O) groups is 1. The summed E-state index contributed by atoms with van der Waals surface area (Å²) in [5, 5.41) is 0. The van der Waals surface area contributed by atoms with Gasteiger partial charge < -0.3 is 4.74 Å². The topological polar surface area (TPSA) is 26.3 Å². The van der Waals surface area contributed by atoms with Gasteiger partial charge in [0.2, 0.25) is 0 Å². The molecule has 2 nitrogen and oxygen atoms in total. The molecule has 0 bridgehead atoms. The molecular formula is C7H11O2P. The third kappa shape index (κ3) is 0.861. The van der Waals surface area contributed by atoms with Crippen LogP contribution < -0.4 is 0 Å². The van der Waals surface area contributed by atoms with Crippen molar-refractivity contribution in [1.82, 2.24) is 0 Å². The van der Waals surface area contributed by atoms with Crippen LogP contribution in [-0.4, -0.2) is 11.8 Å². The number of carbonyl (C=O) groups excluding carboxylic acids is 1. The normalized spacial score (nSPS) is 45.3. The van der Waals surface area contributed by atoms with Crippen LogP contribution in [0.2, 0.25) is 0 Å². The molecule has 0 aromatic rings. The molecule has 56 valence electrons. The molecule has 0 aromatic carbocycles. The Balaban J connectivity index is 2.06. The van der Waals surface area contributed by atoms with Crippen molar-refractivity contribution in [2.45, 2.75) is 25.1 Å². The van der Waals surface area contributed by atoms with Crippen LogP contribution in [0.4, 0.5) is 0 Å². The maximum Gasteiger partial charge on any atom is 0.309 e. The minimum absolute atomic E-state index is 0.0301. The number of ether oxygens (including phenoxy) is 1.